The van der Waals surface area contributed by atoms with E-state index in [1.54, 1.807) is 24.3 Å². The van der Waals surface area contributed by atoms with Crippen LogP contribution in [0.2, 0.25) is 5.02 Å². The maximum absolute atomic E-state index is 13.3. The number of carbonyl (C=O) groups excluding carboxylic acids is 2. The fourth-order valence-electron chi connectivity index (χ4n) is 3.68. The normalized spacial score (nSPS) is 13.9. The summed E-state index contributed by atoms with van der Waals surface area (Å²) >= 11 is 6.08. The largest absolute Gasteiger partial charge is 0.430 e. The maximum Gasteiger partial charge on any atom is 0.296 e. The molecule has 5 rings (SSSR count). The molecule has 2 amide bonds. The Labute approximate surface area is 177 Å². The summed E-state index contributed by atoms with van der Waals surface area (Å²) in [6.45, 7) is 1.77. The second kappa shape index (κ2) is 7.00. The summed E-state index contributed by atoms with van der Waals surface area (Å²) in [6.07, 6.45) is 0. The van der Waals surface area contributed by atoms with Gasteiger partial charge >= 0.3 is 0 Å². The Morgan fingerprint density at radius 1 is 1.07 bits per heavy atom. The third kappa shape index (κ3) is 3.02. The topological polar surface area (TPSA) is 75.4 Å². The first-order valence-electron chi connectivity index (χ1n) is 9.38. The van der Waals surface area contributed by atoms with Crippen LogP contribution in [-0.4, -0.2) is 23.3 Å². The average Bonchev–Trinajstić information content (AvgIpc) is 3.05. The van der Waals surface area contributed by atoms with Crippen molar-refractivity contribution in [2.75, 3.05) is 16.8 Å². The van der Waals surface area contributed by atoms with Crippen LogP contribution in [0.25, 0.3) is 22.4 Å². The van der Waals surface area contributed by atoms with Gasteiger partial charge in [0.15, 0.2) is 0 Å². The molecule has 1 N–H and O–H groups in total. The molecule has 1 aliphatic heterocycles. The molecule has 4 aromatic rings. The zero-order valence-electron chi connectivity index (χ0n) is 16.0. The Bertz CT molecular complexity index is 1310. The van der Waals surface area contributed by atoms with E-state index in [2.05, 4.69) is 10.3 Å². The molecular formula is C23H16ClN3O3. The number of hydrogen-bond donors (Lipinski definition) is 1. The van der Waals surface area contributed by atoms with Gasteiger partial charge in [-0.05, 0) is 36.8 Å². The summed E-state index contributed by atoms with van der Waals surface area (Å²) in [5.41, 5.74) is 3.70. The molecule has 2 aromatic heterocycles. The Balaban J connectivity index is 1.67. The van der Waals surface area contributed by atoms with E-state index in [1.807, 2.05) is 43.3 Å². The monoisotopic (exact) mass is 417 g/mol. The fraction of sp³-hybridized carbons (Fsp3) is 0.0870. The van der Waals surface area contributed by atoms with Crippen LogP contribution in [0.1, 0.15) is 16.1 Å². The van der Waals surface area contributed by atoms with E-state index in [1.165, 1.54) is 4.90 Å². The number of rotatable bonds is 2. The average molecular weight is 418 g/mol. The first-order chi connectivity index (χ1) is 14.5. The van der Waals surface area contributed by atoms with Crippen molar-refractivity contribution in [3.63, 3.8) is 0 Å². The van der Waals surface area contributed by atoms with E-state index < -0.39 is 5.91 Å². The van der Waals surface area contributed by atoms with Crippen LogP contribution in [0.15, 0.2) is 65.1 Å². The molecule has 2 aromatic carbocycles. The molecule has 148 valence electrons. The lowest BCUT2D eigenvalue weighted by molar-refractivity contribution is -0.114. The minimum absolute atomic E-state index is 0.0524. The first kappa shape index (κ1) is 18.4. The van der Waals surface area contributed by atoms with E-state index in [4.69, 9.17) is 16.0 Å². The summed E-state index contributed by atoms with van der Waals surface area (Å²) in [6, 6.07) is 18.4. The molecule has 6 nitrogen and oxygen atoms in total. The van der Waals surface area contributed by atoms with Gasteiger partial charge in [0.25, 0.3) is 5.91 Å². The maximum atomic E-state index is 13.3. The van der Waals surface area contributed by atoms with Crippen LogP contribution in [0.5, 0.6) is 0 Å². The number of pyridine rings is 1. The lowest BCUT2D eigenvalue weighted by Gasteiger charge is -2.18. The van der Waals surface area contributed by atoms with Gasteiger partial charge in [0.05, 0.1) is 11.1 Å². The quantitative estimate of drug-likeness (QED) is 0.495. The molecule has 0 aliphatic carbocycles. The first-order valence-corrected chi connectivity index (χ1v) is 9.76. The molecule has 0 spiro atoms. The Hall–Kier alpha value is -3.64. The van der Waals surface area contributed by atoms with Crippen molar-refractivity contribution in [2.24, 2.45) is 0 Å². The van der Waals surface area contributed by atoms with Crippen LogP contribution in [-0.2, 0) is 4.79 Å². The van der Waals surface area contributed by atoms with Crippen molar-refractivity contribution < 1.29 is 14.0 Å². The summed E-state index contributed by atoms with van der Waals surface area (Å²) in [5.74, 6) is -0.697. The molecule has 0 saturated carbocycles. The zero-order chi connectivity index (χ0) is 20.8. The number of aromatic nitrogens is 1. The molecule has 0 radical (unpaired) electrons. The molecule has 30 heavy (non-hydrogen) atoms. The lowest BCUT2D eigenvalue weighted by Crippen LogP contribution is -2.35. The van der Waals surface area contributed by atoms with Gasteiger partial charge in [-0.15, -0.1) is 0 Å². The SMILES string of the molecule is Cc1cc(-c2ccccc2)nc2oc3c(c12)NC(=O)CN(c1cccc(Cl)c1)C3=O. The second-order valence-electron chi connectivity index (χ2n) is 7.10. The Morgan fingerprint density at radius 3 is 2.63 bits per heavy atom. The number of anilines is 2. The minimum Gasteiger partial charge on any atom is -0.430 e. The predicted octanol–water partition coefficient (Wildman–Crippen LogP) is 5.06. The highest BCUT2D eigenvalue weighted by Gasteiger charge is 2.33. The number of fused-ring (bicyclic) bond motifs is 3. The van der Waals surface area contributed by atoms with Gasteiger partial charge in [-0.25, -0.2) is 4.98 Å². The van der Waals surface area contributed by atoms with E-state index in [9.17, 15) is 9.59 Å². The lowest BCUT2D eigenvalue weighted by atomic mass is 10.1. The second-order valence-corrected chi connectivity index (χ2v) is 7.53. The molecule has 7 heteroatoms. The molecule has 0 saturated heterocycles. The van der Waals surface area contributed by atoms with Crippen molar-refractivity contribution in [1.82, 2.24) is 4.98 Å². The minimum atomic E-state index is -0.427. The molecule has 1 aliphatic rings. The molecule has 0 bridgehead atoms. The van der Waals surface area contributed by atoms with Gasteiger partial charge in [-0.1, -0.05) is 48.0 Å². The van der Waals surface area contributed by atoms with Crippen LogP contribution in [0.4, 0.5) is 11.4 Å². The van der Waals surface area contributed by atoms with Crippen molar-refractivity contribution in [3.8, 4) is 11.3 Å². The number of halogens is 1. The van der Waals surface area contributed by atoms with Gasteiger partial charge in [-0.3, -0.25) is 14.5 Å². The highest BCUT2D eigenvalue weighted by molar-refractivity contribution is 6.31. The van der Waals surface area contributed by atoms with E-state index in [0.717, 1.165) is 16.8 Å². The van der Waals surface area contributed by atoms with E-state index >= 15 is 0 Å². The van der Waals surface area contributed by atoms with E-state index in [-0.39, 0.29) is 18.2 Å². The number of benzene rings is 2. The predicted molar refractivity (Wildman–Crippen MR) is 116 cm³/mol. The highest BCUT2D eigenvalue weighted by Crippen LogP contribution is 2.37. The van der Waals surface area contributed by atoms with Crippen LogP contribution in [0.3, 0.4) is 0 Å². The number of nitrogens with one attached hydrogen (secondary N) is 1. The van der Waals surface area contributed by atoms with Crippen molar-refractivity contribution >= 4 is 45.9 Å². The third-order valence-electron chi connectivity index (χ3n) is 5.05. The summed E-state index contributed by atoms with van der Waals surface area (Å²) in [4.78, 5) is 31.9. The van der Waals surface area contributed by atoms with Crippen LogP contribution in [0, 0.1) is 6.92 Å². The van der Waals surface area contributed by atoms with Gasteiger partial charge < -0.3 is 9.73 Å². The van der Waals surface area contributed by atoms with Gasteiger partial charge in [0.2, 0.25) is 17.4 Å². The zero-order valence-corrected chi connectivity index (χ0v) is 16.7. The number of furan rings is 1. The molecule has 0 unspecified atom stereocenters. The summed E-state index contributed by atoms with van der Waals surface area (Å²) in [5, 5.41) is 3.92. The molecule has 0 atom stereocenters. The van der Waals surface area contributed by atoms with Gasteiger partial charge in [0.1, 0.15) is 12.2 Å². The number of hydrogen-bond acceptors (Lipinski definition) is 4. The summed E-state index contributed by atoms with van der Waals surface area (Å²) < 4.78 is 5.91. The fourth-order valence-corrected chi connectivity index (χ4v) is 3.86. The van der Waals surface area contributed by atoms with Crippen molar-refractivity contribution in [3.05, 3.63) is 77.0 Å². The van der Waals surface area contributed by atoms with Gasteiger partial charge in [-0.2, -0.15) is 0 Å². The van der Waals surface area contributed by atoms with Crippen molar-refractivity contribution in [1.29, 1.82) is 0 Å². The van der Waals surface area contributed by atoms with Crippen molar-refractivity contribution in [2.45, 2.75) is 6.92 Å². The molecule has 0 fully saturated rings. The number of amides is 2. The van der Waals surface area contributed by atoms with Crippen LogP contribution >= 0.6 is 11.6 Å². The Kier molecular flexibility index (Phi) is 4.29. The smallest absolute Gasteiger partial charge is 0.296 e. The van der Waals surface area contributed by atoms with E-state index in [0.29, 0.717) is 27.5 Å². The van der Waals surface area contributed by atoms with Crippen LogP contribution < -0.4 is 10.2 Å². The molecule has 3 heterocycles. The number of aryl methyl sites for hydroxylation is 1. The number of nitrogens with zero attached hydrogens (tertiary/aromatic N) is 2. The highest BCUT2D eigenvalue weighted by atomic mass is 35.5. The summed E-state index contributed by atoms with van der Waals surface area (Å²) in [7, 11) is 0. The van der Waals surface area contributed by atoms with Gasteiger partial charge in [0, 0.05) is 16.3 Å². The Morgan fingerprint density at radius 2 is 1.87 bits per heavy atom. The third-order valence-corrected chi connectivity index (χ3v) is 5.29. The molecular weight excluding hydrogens is 402 g/mol. The standard InChI is InChI=1S/C23H16ClN3O3/c1-13-10-17(14-6-3-2-4-7-14)25-22-19(13)20-21(30-22)23(29)27(12-18(28)26-20)16-9-5-8-15(24)11-16/h2-11H,12H2,1H3,(H,26,28). The number of carbonyl (C=O) groups is 2.